The van der Waals surface area contributed by atoms with Crippen LogP contribution in [0.1, 0.15) is 36.2 Å². The summed E-state index contributed by atoms with van der Waals surface area (Å²) in [6, 6.07) is 12.5. The normalized spacial score (nSPS) is 17.9. The molecule has 2 aliphatic heterocycles. The van der Waals surface area contributed by atoms with Crippen LogP contribution in [0.5, 0.6) is 0 Å². The number of Topliss-reactive ketones (excluding diaryl/α,β-unsaturated/α-hetero) is 1. The highest BCUT2D eigenvalue weighted by molar-refractivity contribution is 8.01. The number of ether oxygens (including phenoxy) is 1. The standard InChI is InChI=1S/C23H22N2O5S/c1-13(22(28)16-7-8-18-15(11-16)9-10-25(18)14(2)26)30-21(27)12-20-23(29)24-17-5-3-4-6-19(17)31-20/h3-8,11,13,20H,9-10,12H2,1-2H3,(H,24,29)/t13-,20+/m0/s1. The lowest BCUT2D eigenvalue weighted by Gasteiger charge is -2.23. The second-order valence-corrected chi connectivity index (χ2v) is 8.80. The number of esters is 1. The first-order chi connectivity index (χ1) is 14.8. The van der Waals surface area contributed by atoms with Gasteiger partial charge in [-0.1, -0.05) is 12.1 Å². The summed E-state index contributed by atoms with van der Waals surface area (Å²) in [5.74, 6) is -1.21. The molecule has 2 aromatic carbocycles. The van der Waals surface area contributed by atoms with Gasteiger partial charge in [0.05, 0.1) is 17.4 Å². The summed E-state index contributed by atoms with van der Waals surface area (Å²) in [6.07, 6.45) is -0.417. The van der Waals surface area contributed by atoms with Gasteiger partial charge in [-0.25, -0.2) is 0 Å². The highest BCUT2D eigenvalue weighted by Gasteiger charge is 2.31. The van der Waals surface area contributed by atoms with Gasteiger partial charge in [-0.05, 0) is 49.2 Å². The smallest absolute Gasteiger partial charge is 0.308 e. The van der Waals surface area contributed by atoms with E-state index in [2.05, 4.69) is 5.32 Å². The molecule has 1 N–H and O–H groups in total. The lowest BCUT2D eigenvalue weighted by atomic mass is 10.0. The third-order valence-electron chi connectivity index (χ3n) is 5.38. The van der Waals surface area contributed by atoms with E-state index in [1.54, 1.807) is 23.1 Å². The van der Waals surface area contributed by atoms with Crippen LogP contribution in [0.2, 0.25) is 0 Å². The van der Waals surface area contributed by atoms with Gasteiger partial charge in [0.25, 0.3) is 0 Å². The van der Waals surface area contributed by atoms with Crippen molar-refractivity contribution < 1.29 is 23.9 Å². The Kier molecular flexibility index (Phi) is 5.82. The number of carbonyl (C=O) groups excluding carboxylic acids is 4. The second kappa shape index (κ2) is 8.55. The molecular formula is C23H22N2O5S. The van der Waals surface area contributed by atoms with E-state index in [0.717, 1.165) is 21.8 Å². The highest BCUT2D eigenvalue weighted by atomic mass is 32.2. The van der Waals surface area contributed by atoms with E-state index in [1.807, 2.05) is 24.3 Å². The Balaban J connectivity index is 1.38. The minimum atomic E-state index is -0.972. The summed E-state index contributed by atoms with van der Waals surface area (Å²) in [6.45, 7) is 3.63. The van der Waals surface area contributed by atoms with E-state index in [0.29, 0.717) is 18.5 Å². The van der Waals surface area contributed by atoms with Gasteiger partial charge in [0.15, 0.2) is 6.10 Å². The van der Waals surface area contributed by atoms with Crippen LogP contribution >= 0.6 is 11.8 Å². The molecule has 0 saturated carbocycles. The lowest BCUT2D eigenvalue weighted by molar-refractivity contribution is -0.147. The molecule has 2 heterocycles. The number of para-hydroxylation sites is 1. The van der Waals surface area contributed by atoms with Crippen molar-refractivity contribution >= 4 is 46.7 Å². The number of amides is 2. The van der Waals surface area contributed by atoms with Crippen molar-refractivity contribution in [3.05, 3.63) is 53.6 Å². The first kappa shape index (κ1) is 21.1. The third-order valence-corrected chi connectivity index (χ3v) is 6.65. The number of hydrogen-bond acceptors (Lipinski definition) is 6. The van der Waals surface area contributed by atoms with Crippen molar-refractivity contribution in [1.82, 2.24) is 0 Å². The molecule has 0 saturated heterocycles. The molecule has 2 amide bonds. The third kappa shape index (κ3) is 4.34. The molecule has 31 heavy (non-hydrogen) atoms. The van der Waals surface area contributed by atoms with E-state index in [4.69, 9.17) is 4.74 Å². The zero-order valence-corrected chi connectivity index (χ0v) is 18.0. The molecule has 2 atom stereocenters. The van der Waals surface area contributed by atoms with Crippen LogP contribution < -0.4 is 10.2 Å². The minimum absolute atomic E-state index is 0.0348. The van der Waals surface area contributed by atoms with Crippen molar-refractivity contribution in [2.45, 2.75) is 42.9 Å². The quantitative estimate of drug-likeness (QED) is 0.569. The topological polar surface area (TPSA) is 92.8 Å². The Morgan fingerprint density at radius 1 is 1.23 bits per heavy atom. The molecule has 0 spiro atoms. The van der Waals surface area contributed by atoms with Gasteiger partial charge in [0, 0.05) is 29.6 Å². The zero-order chi connectivity index (χ0) is 22.1. The highest BCUT2D eigenvalue weighted by Crippen LogP contribution is 2.36. The molecule has 7 nitrogen and oxygen atoms in total. The molecule has 0 fully saturated rings. The van der Waals surface area contributed by atoms with Crippen LogP contribution in [0.3, 0.4) is 0 Å². The van der Waals surface area contributed by atoms with Crippen molar-refractivity contribution in [1.29, 1.82) is 0 Å². The fraction of sp³-hybridized carbons (Fsp3) is 0.304. The molecule has 2 aromatic rings. The number of fused-ring (bicyclic) bond motifs is 2. The number of nitrogens with one attached hydrogen (secondary N) is 1. The van der Waals surface area contributed by atoms with Gasteiger partial charge >= 0.3 is 5.97 Å². The summed E-state index contributed by atoms with van der Waals surface area (Å²) in [5.41, 5.74) is 2.90. The number of rotatable bonds is 5. The summed E-state index contributed by atoms with van der Waals surface area (Å²) < 4.78 is 5.34. The summed E-state index contributed by atoms with van der Waals surface area (Å²) in [4.78, 5) is 51.7. The predicted octanol–water partition coefficient (Wildman–Crippen LogP) is 3.21. The maximum Gasteiger partial charge on any atom is 0.308 e. The van der Waals surface area contributed by atoms with Crippen molar-refractivity contribution in [3.8, 4) is 0 Å². The van der Waals surface area contributed by atoms with Crippen LogP contribution in [0.25, 0.3) is 0 Å². The van der Waals surface area contributed by atoms with Gasteiger partial charge in [0.2, 0.25) is 17.6 Å². The fourth-order valence-corrected chi connectivity index (χ4v) is 4.89. The first-order valence-corrected chi connectivity index (χ1v) is 10.9. The number of nitrogens with zero attached hydrogens (tertiary/aromatic N) is 1. The van der Waals surface area contributed by atoms with Crippen LogP contribution in [0.4, 0.5) is 11.4 Å². The summed E-state index contributed by atoms with van der Waals surface area (Å²) >= 11 is 1.31. The Hall–Kier alpha value is -3.13. The molecule has 0 unspecified atom stereocenters. The van der Waals surface area contributed by atoms with Crippen LogP contribution in [0, 0.1) is 0 Å². The van der Waals surface area contributed by atoms with E-state index in [-0.39, 0.29) is 24.0 Å². The monoisotopic (exact) mass is 438 g/mol. The Bertz CT molecular complexity index is 1080. The fourth-order valence-electron chi connectivity index (χ4n) is 3.79. The molecule has 0 radical (unpaired) electrons. The van der Waals surface area contributed by atoms with Crippen molar-refractivity contribution in [2.24, 2.45) is 0 Å². The predicted molar refractivity (Wildman–Crippen MR) is 117 cm³/mol. The van der Waals surface area contributed by atoms with E-state index >= 15 is 0 Å². The van der Waals surface area contributed by atoms with Gasteiger partial charge in [0.1, 0.15) is 0 Å². The average molecular weight is 439 g/mol. The Morgan fingerprint density at radius 3 is 2.77 bits per heavy atom. The maximum atomic E-state index is 12.8. The summed E-state index contributed by atoms with van der Waals surface area (Å²) in [7, 11) is 0. The molecular weight excluding hydrogens is 416 g/mol. The van der Waals surface area contributed by atoms with E-state index < -0.39 is 17.3 Å². The number of carbonyl (C=O) groups is 4. The van der Waals surface area contributed by atoms with E-state index in [9.17, 15) is 19.2 Å². The van der Waals surface area contributed by atoms with Crippen molar-refractivity contribution in [3.63, 3.8) is 0 Å². The van der Waals surface area contributed by atoms with Crippen LogP contribution in [-0.2, 0) is 25.5 Å². The molecule has 160 valence electrons. The van der Waals surface area contributed by atoms with E-state index in [1.165, 1.54) is 25.6 Å². The zero-order valence-electron chi connectivity index (χ0n) is 17.2. The maximum absolute atomic E-state index is 12.8. The number of benzene rings is 2. The van der Waals surface area contributed by atoms with Gasteiger partial charge in [-0.3, -0.25) is 19.2 Å². The molecule has 4 rings (SSSR count). The minimum Gasteiger partial charge on any atom is -0.454 e. The summed E-state index contributed by atoms with van der Waals surface area (Å²) in [5, 5.41) is 2.18. The lowest BCUT2D eigenvalue weighted by Crippen LogP contribution is -2.33. The van der Waals surface area contributed by atoms with Crippen LogP contribution in [0.15, 0.2) is 47.4 Å². The van der Waals surface area contributed by atoms with Gasteiger partial charge in [-0.2, -0.15) is 0 Å². The van der Waals surface area contributed by atoms with Gasteiger partial charge < -0.3 is 15.0 Å². The number of thioether (sulfide) groups is 1. The Morgan fingerprint density at radius 2 is 2.00 bits per heavy atom. The molecule has 8 heteroatoms. The number of anilines is 2. The number of hydrogen-bond donors (Lipinski definition) is 1. The number of ketones is 1. The SMILES string of the molecule is CC(=O)N1CCc2cc(C(=O)[C@H](C)OC(=O)C[C@H]3Sc4ccccc4NC3=O)ccc21. The van der Waals surface area contributed by atoms with Crippen molar-refractivity contribution in [2.75, 3.05) is 16.8 Å². The first-order valence-electron chi connectivity index (χ1n) is 10.0. The average Bonchev–Trinajstić information content (AvgIpc) is 3.17. The largest absolute Gasteiger partial charge is 0.454 e. The molecule has 2 aliphatic rings. The molecule has 0 aromatic heterocycles. The van der Waals surface area contributed by atoms with Crippen LogP contribution in [-0.4, -0.2) is 41.5 Å². The van der Waals surface area contributed by atoms with Gasteiger partial charge in [-0.15, -0.1) is 11.8 Å². The molecule has 0 bridgehead atoms. The second-order valence-electron chi connectivity index (χ2n) is 7.56. The molecule has 0 aliphatic carbocycles. The Labute approximate surface area is 184 Å².